The molecular formula is C21H24FN3O4. The minimum atomic E-state index is -0.974. The van der Waals surface area contributed by atoms with Crippen LogP contribution in [0.2, 0.25) is 0 Å². The maximum absolute atomic E-state index is 14.3. The smallest absolute Gasteiger partial charge is 0.408 e. The molecule has 0 radical (unpaired) electrons. The number of carbonyl (C=O) groups excluding carboxylic acids is 3. The van der Waals surface area contributed by atoms with Crippen molar-refractivity contribution in [3.63, 3.8) is 0 Å². The molecule has 0 aliphatic carbocycles. The van der Waals surface area contributed by atoms with E-state index in [1.165, 1.54) is 19.1 Å². The summed E-state index contributed by atoms with van der Waals surface area (Å²) in [5, 5.41) is 7.45. The van der Waals surface area contributed by atoms with Crippen LogP contribution in [-0.4, -0.2) is 29.6 Å². The van der Waals surface area contributed by atoms with Gasteiger partial charge in [0.1, 0.15) is 17.5 Å². The fourth-order valence-corrected chi connectivity index (χ4v) is 2.37. The van der Waals surface area contributed by atoms with Crippen LogP contribution in [0.4, 0.5) is 20.6 Å². The van der Waals surface area contributed by atoms with Crippen molar-refractivity contribution < 1.29 is 23.5 Å². The number of amides is 3. The fraction of sp³-hybridized carbons (Fsp3) is 0.286. The lowest BCUT2D eigenvalue weighted by atomic mass is 10.1. The highest BCUT2D eigenvalue weighted by atomic mass is 19.1. The molecule has 1 atom stereocenters. The van der Waals surface area contributed by atoms with E-state index in [4.69, 9.17) is 4.74 Å². The van der Waals surface area contributed by atoms with Gasteiger partial charge in [-0.1, -0.05) is 24.3 Å². The first-order chi connectivity index (χ1) is 13.6. The van der Waals surface area contributed by atoms with E-state index in [9.17, 15) is 18.8 Å². The number of hydrogen-bond acceptors (Lipinski definition) is 4. The summed E-state index contributed by atoms with van der Waals surface area (Å²) in [7, 11) is 0. The summed E-state index contributed by atoms with van der Waals surface area (Å²) in [5.74, 6) is -2.13. The average molecular weight is 401 g/mol. The molecule has 0 aliphatic heterocycles. The SMILES string of the molecule is C[C@H](NC(=O)OC(C)(C)C)C(=O)Nc1cccc(F)c1C(=O)Nc1ccccc1. The van der Waals surface area contributed by atoms with Gasteiger partial charge in [0.15, 0.2) is 0 Å². The molecule has 3 N–H and O–H groups in total. The molecule has 0 spiro atoms. The number of benzene rings is 2. The van der Waals surface area contributed by atoms with Crippen LogP contribution in [0, 0.1) is 5.82 Å². The quantitative estimate of drug-likeness (QED) is 0.707. The maximum atomic E-state index is 14.3. The van der Waals surface area contributed by atoms with Gasteiger partial charge in [0.2, 0.25) is 5.91 Å². The van der Waals surface area contributed by atoms with Crippen LogP contribution in [-0.2, 0) is 9.53 Å². The monoisotopic (exact) mass is 401 g/mol. The number of rotatable bonds is 5. The molecule has 2 aromatic carbocycles. The van der Waals surface area contributed by atoms with Crippen molar-refractivity contribution in [3.8, 4) is 0 Å². The van der Waals surface area contributed by atoms with Gasteiger partial charge in [-0.15, -0.1) is 0 Å². The van der Waals surface area contributed by atoms with Gasteiger partial charge < -0.3 is 20.7 Å². The lowest BCUT2D eigenvalue weighted by Crippen LogP contribution is -2.44. The number of ether oxygens (including phenoxy) is 1. The Morgan fingerprint density at radius 1 is 0.966 bits per heavy atom. The van der Waals surface area contributed by atoms with Crippen LogP contribution in [0.1, 0.15) is 38.1 Å². The number of nitrogens with one attached hydrogen (secondary N) is 3. The van der Waals surface area contributed by atoms with E-state index in [1.807, 2.05) is 0 Å². The number of carbonyl (C=O) groups is 3. The predicted molar refractivity (Wildman–Crippen MR) is 108 cm³/mol. The zero-order valence-corrected chi connectivity index (χ0v) is 16.7. The van der Waals surface area contributed by atoms with Gasteiger partial charge in [0.25, 0.3) is 5.91 Å². The highest BCUT2D eigenvalue weighted by Gasteiger charge is 2.23. The average Bonchev–Trinajstić information content (AvgIpc) is 2.60. The molecule has 0 saturated heterocycles. The molecule has 2 aromatic rings. The van der Waals surface area contributed by atoms with Crippen molar-refractivity contribution in [3.05, 3.63) is 59.9 Å². The second-order valence-electron chi connectivity index (χ2n) is 7.34. The van der Waals surface area contributed by atoms with Gasteiger partial charge in [0, 0.05) is 5.69 Å². The van der Waals surface area contributed by atoms with Gasteiger partial charge in [-0.3, -0.25) is 9.59 Å². The number of anilines is 2. The van der Waals surface area contributed by atoms with E-state index in [0.717, 1.165) is 6.07 Å². The van der Waals surface area contributed by atoms with Crippen LogP contribution in [0.5, 0.6) is 0 Å². The normalized spacial score (nSPS) is 11.9. The minimum absolute atomic E-state index is 0.0127. The Hall–Kier alpha value is -3.42. The first kappa shape index (κ1) is 21.9. The summed E-state index contributed by atoms with van der Waals surface area (Å²) < 4.78 is 19.5. The van der Waals surface area contributed by atoms with Crippen molar-refractivity contribution >= 4 is 29.3 Å². The molecular weight excluding hydrogens is 377 g/mol. The summed E-state index contributed by atoms with van der Waals surface area (Å²) in [6, 6.07) is 11.5. The molecule has 0 aliphatic rings. The van der Waals surface area contributed by atoms with Gasteiger partial charge in [-0.2, -0.15) is 0 Å². The molecule has 7 nitrogen and oxygen atoms in total. The van der Waals surface area contributed by atoms with Gasteiger partial charge in [-0.25, -0.2) is 9.18 Å². The fourth-order valence-electron chi connectivity index (χ4n) is 2.37. The van der Waals surface area contributed by atoms with Crippen molar-refractivity contribution in [1.82, 2.24) is 5.32 Å². The summed E-state index contributed by atoms with van der Waals surface area (Å²) in [5.41, 5.74) is -0.556. The maximum Gasteiger partial charge on any atom is 0.408 e. The van der Waals surface area contributed by atoms with E-state index in [2.05, 4.69) is 16.0 Å². The van der Waals surface area contributed by atoms with E-state index >= 15 is 0 Å². The molecule has 8 heteroatoms. The molecule has 0 fully saturated rings. The minimum Gasteiger partial charge on any atom is -0.444 e. The summed E-state index contributed by atoms with van der Waals surface area (Å²) >= 11 is 0. The summed E-state index contributed by atoms with van der Waals surface area (Å²) in [4.78, 5) is 36.8. The molecule has 154 valence electrons. The Morgan fingerprint density at radius 3 is 2.24 bits per heavy atom. The molecule has 0 aromatic heterocycles. The topological polar surface area (TPSA) is 96.5 Å². The van der Waals surface area contributed by atoms with E-state index in [1.54, 1.807) is 51.1 Å². The van der Waals surface area contributed by atoms with Gasteiger partial charge >= 0.3 is 6.09 Å². The van der Waals surface area contributed by atoms with Crippen LogP contribution < -0.4 is 16.0 Å². The molecule has 0 saturated carbocycles. The van der Waals surface area contributed by atoms with Gasteiger partial charge in [-0.05, 0) is 52.0 Å². The van der Waals surface area contributed by atoms with Gasteiger partial charge in [0.05, 0.1) is 11.3 Å². The first-order valence-electron chi connectivity index (χ1n) is 9.02. The molecule has 0 unspecified atom stereocenters. The number of alkyl carbamates (subject to hydrolysis) is 1. The molecule has 29 heavy (non-hydrogen) atoms. The lowest BCUT2D eigenvalue weighted by molar-refractivity contribution is -0.117. The number of para-hydroxylation sites is 1. The Kier molecular flexibility index (Phi) is 6.93. The van der Waals surface area contributed by atoms with Crippen molar-refractivity contribution in [2.75, 3.05) is 10.6 Å². The molecule has 0 heterocycles. The van der Waals surface area contributed by atoms with E-state index < -0.39 is 35.4 Å². The third-order valence-electron chi connectivity index (χ3n) is 3.66. The highest BCUT2D eigenvalue weighted by Crippen LogP contribution is 2.21. The largest absolute Gasteiger partial charge is 0.444 e. The Balaban J connectivity index is 2.12. The van der Waals surface area contributed by atoms with Crippen LogP contribution >= 0.6 is 0 Å². The second-order valence-corrected chi connectivity index (χ2v) is 7.34. The summed E-state index contributed by atoms with van der Waals surface area (Å²) in [6.45, 7) is 6.54. The van der Waals surface area contributed by atoms with Crippen molar-refractivity contribution in [1.29, 1.82) is 0 Å². The van der Waals surface area contributed by atoms with E-state index in [-0.39, 0.29) is 11.3 Å². The second kappa shape index (κ2) is 9.18. The highest BCUT2D eigenvalue weighted by molar-refractivity contribution is 6.10. The van der Waals surface area contributed by atoms with Crippen LogP contribution in [0.25, 0.3) is 0 Å². The Labute approximate surface area is 168 Å². The standard InChI is InChI=1S/C21H24FN3O4/c1-13(23-20(28)29-21(2,3)4)18(26)25-16-12-8-11-15(22)17(16)19(27)24-14-9-6-5-7-10-14/h5-13H,1-4H3,(H,23,28)(H,24,27)(H,25,26)/t13-/m0/s1. The van der Waals surface area contributed by atoms with Crippen LogP contribution in [0.15, 0.2) is 48.5 Å². The zero-order valence-electron chi connectivity index (χ0n) is 16.7. The molecule has 2 rings (SSSR count). The van der Waals surface area contributed by atoms with Crippen molar-refractivity contribution in [2.24, 2.45) is 0 Å². The van der Waals surface area contributed by atoms with E-state index in [0.29, 0.717) is 5.69 Å². The number of hydrogen-bond donors (Lipinski definition) is 3. The third-order valence-corrected chi connectivity index (χ3v) is 3.66. The Morgan fingerprint density at radius 2 is 1.62 bits per heavy atom. The van der Waals surface area contributed by atoms with Crippen LogP contribution in [0.3, 0.4) is 0 Å². The first-order valence-corrected chi connectivity index (χ1v) is 9.02. The number of halogens is 1. The summed E-state index contributed by atoms with van der Waals surface area (Å²) in [6.07, 6.45) is -0.763. The zero-order chi connectivity index (χ0) is 21.6. The molecule has 0 bridgehead atoms. The Bertz CT molecular complexity index is 895. The predicted octanol–water partition coefficient (Wildman–Crippen LogP) is 3.93. The molecule has 3 amide bonds. The van der Waals surface area contributed by atoms with Crippen molar-refractivity contribution in [2.45, 2.75) is 39.3 Å². The third kappa shape index (κ3) is 6.60. The lowest BCUT2D eigenvalue weighted by Gasteiger charge is -2.22.